The Bertz CT molecular complexity index is 1800. The van der Waals surface area contributed by atoms with Crippen LogP contribution in [0, 0.1) is 6.92 Å². The van der Waals surface area contributed by atoms with Gasteiger partial charge in [0, 0.05) is 12.1 Å². The molecule has 1 aliphatic carbocycles. The van der Waals surface area contributed by atoms with Crippen molar-refractivity contribution in [2.24, 2.45) is 7.05 Å². The van der Waals surface area contributed by atoms with E-state index in [-0.39, 0.29) is 32.2 Å². The first-order valence-corrected chi connectivity index (χ1v) is 15.0. The minimum absolute atomic E-state index is 0.00842. The predicted octanol–water partition coefficient (Wildman–Crippen LogP) is 6.05. The Balaban J connectivity index is 1.48. The number of aryl methyl sites for hydroxylation is 1. The normalized spacial score (nSPS) is 15.0. The molecule has 0 bridgehead atoms. The number of benzene rings is 3. The van der Waals surface area contributed by atoms with E-state index in [1.54, 1.807) is 42.9 Å². The molecule has 0 aliphatic heterocycles. The van der Waals surface area contributed by atoms with Gasteiger partial charge in [0.15, 0.2) is 0 Å². The third-order valence-corrected chi connectivity index (χ3v) is 9.44. The maximum atomic E-state index is 13.5. The van der Waals surface area contributed by atoms with E-state index in [2.05, 4.69) is 10.0 Å². The number of nitrogens with zero attached hydrogens (tertiary/aromatic N) is 2. The zero-order valence-electron chi connectivity index (χ0n) is 21.5. The van der Waals surface area contributed by atoms with Gasteiger partial charge < -0.3 is 5.32 Å². The molecule has 1 aromatic heterocycles. The lowest BCUT2D eigenvalue weighted by atomic mass is 9.87. The predicted molar refractivity (Wildman–Crippen MR) is 158 cm³/mol. The maximum Gasteiger partial charge on any atom is 0.296 e. The van der Waals surface area contributed by atoms with E-state index in [9.17, 15) is 18.0 Å². The summed E-state index contributed by atoms with van der Waals surface area (Å²) >= 11 is 18.9. The van der Waals surface area contributed by atoms with Crippen molar-refractivity contribution in [3.8, 4) is 5.69 Å². The van der Waals surface area contributed by atoms with Gasteiger partial charge in [0.2, 0.25) is 0 Å². The zero-order valence-corrected chi connectivity index (χ0v) is 24.6. The summed E-state index contributed by atoms with van der Waals surface area (Å²) in [5.41, 5.74) is 2.20. The molecule has 0 saturated heterocycles. The molecule has 0 saturated carbocycles. The van der Waals surface area contributed by atoms with Crippen LogP contribution < -0.4 is 15.6 Å². The molecular weight excluding hydrogens is 595 g/mol. The molecule has 5 rings (SSSR count). The third-order valence-electron chi connectivity index (χ3n) is 7.07. The Kier molecular flexibility index (Phi) is 7.76. The number of carbonyl (C=O) groups is 1. The van der Waals surface area contributed by atoms with Gasteiger partial charge >= 0.3 is 0 Å². The molecule has 1 amide bonds. The molecule has 208 valence electrons. The molecule has 4 aromatic rings. The number of para-hydroxylation sites is 1. The number of aromatic nitrogens is 2. The number of hydrogen-bond acceptors (Lipinski definition) is 4. The number of sulfonamides is 1. The summed E-state index contributed by atoms with van der Waals surface area (Å²) in [6.07, 6.45) is 2.44. The molecule has 1 heterocycles. The highest BCUT2D eigenvalue weighted by atomic mass is 35.5. The monoisotopic (exact) mass is 618 g/mol. The molecule has 0 spiro atoms. The lowest BCUT2D eigenvalue weighted by Gasteiger charge is -2.27. The first kappa shape index (κ1) is 28.3. The van der Waals surface area contributed by atoms with Crippen molar-refractivity contribution < 1.29 is 13.2 Å². The van der Waals surface area contributed by atoms with E-state index in [0.717, 1.165) is 30.0 Å². The first-order chi connectivity index (χ1) is 19.0. The third kappa shape index (κ3) is 5.26. The highest BCUT2D eigenvalue weighted by Crippen LogP contribution is 2.34. The van der Waals surface area contributed by atoms with Crippen LogP contribution in [0.3, 0.4) is 0 Å². The number of hydrogen-bond donors (Lipinski definition) is 2. The van der Waals surface area contributed by atoms with Crippen LogP contribution in [0.25, 0.3) is 5.69 Å². The maximum absolute atomic E-state index is 13.5. The van der Waals surface area contributed by atoms with Gasteiger partial charge in [-0.3, -0.25) is 19.0 Å². The van der Waals surface area contributed by atoms with Crippen LogP contribution in [0.5, 0.6) is 0 Å². The number of nitrogens with one attached hydrogen (secondary N) is 2. The van der Waals surface area contributed by atoms with E-state index in [1.165, 1.54) is 10.7 Å². The molecule has 1 aliphatic rings. The van der Waals surface area contributed by atoms with E-state index in [4.69, 9.17) is 34.8 Å². The van der Waals surface area contributed by atoms with Crippen LogP contribution >= 0.6 is 34.8 Å². The Morgan fingerprint density at radius 2 is 1.73 bits per heavy atom. The molecule has 1 atom stereocenters. The summed E-state index contributed by atoms with van der Waals surface area (Å²) in [5.74, 6) is -0.557. The van der Waals surface area contributed by atoms with Crippen molar-refractivity contribution in [3.63, 3.8) is 0 Å². The van der Waals surface area contributed by atoms with Gasteiger partial charge in [0.05, 0.1) is 33.0 Å². The average molecular weight is 620 g/mol. The summed E-state index contributed by atoms with van der Waals surface area (Å²) < 4.78 is 32.3. The van der Waals surface area contributed by atoms with Crippen molar-refractivity contribution in [1.82, 2.24) is 14.7 Å². The summed E-state index contributed by atoms with van der Waals surface area (Å²) in [7, 11) is -2.75. The number of carbonyl (C=O) groups excluding carboxylic acids is 1. The number of amides is 1. The van der Waals surface area contributed by atoms with Gasteiger partial charge in [0.1, 0.15) is 10.6 Å². The topological polar surface area (TPSA) is 102 Å². The summed E-state index contributed by atoms with van der Waals surface area (Å²) in [4.78, 5) is 26.2. The van der Waals surface area contributed by atoms with Gasteiger partial charge in [0.25, 0.3) is 21.5 Å². The van der Waals surface area contributed by atoms with Crippen molar-refractivity contribution in [2.75, 3.05) is 4.72 Å². The van der Waals surface area contributed by atoms with Gasteiger partial charge in [-0.05, 0) is 73.7 Å². The minimum atomic E-state index is -4.40. The number of fused-ring (bicyclic) bond motifs is 1. The number of anilines is 1. The van der Waals surface area contributed by atoms with Crippen molar-refractivity contribution >= 4 is 56.4 Å². The van der Waals surface area contributed by atoms with Crippen LogP contribution in [0.2, 0.25) is 15.1 Å². The molecule has 2 N–H and O–H groups in total. The largest absolute Gasteiger partial charge is 0.345 e. The Hall–Kier alpha value is -3.24. The molecule has 3 aromatic carbocycles. The minimum Gasteiger partial charge on any atom is -0.345 e. The Labute approximate surface area is 246 Å². The first-order valence-electron chi connectivity index (χ1n) is 12.4. The number of rotatable bonds is 6. The molecule has 0 fully saturated rings. The Morgan fingerprint density at radius 3 is 2.45 bits per heavy atom. The molecule has 8 nitrogen and oxygen atoms in total. The quantitative estimate of drug-likeness (QED) is 0.274. The highest BCUT2D eigenvalue weighted by Gasteiger charge is 2.28. The smallest absolute Gasteiger partial charge is 0.296 e. The standard InChI is InChI=1S/C28H25Cl3N4O4S/c1-16-26(28(37)35(34(16)2)19-8-4-3-5-9-19)33-40(38,39)25-14-21(22(30)15-23(25)31)27(36)32-24-10-6-7-17-11-12-18(29)13-20(17)24/h3-5,8-9,11-15,24,33H,6-7,10H2,1-2H3,(H,32,36)/t24-/m1/s1. The Morgan fingerprint density at radius 1 is 1.00 bits per heavy atom. The van der Waals surface area contributed by atoms with E-state index < -0.39 is 21.5 Å². The van der Waals surface area contributed by atoms with Gasteiger partial charge in [-0.25, -0.2) is 13.1 Å². The SMILES string of the molecule is Cc1c(NS(=O)(=O)c2cc(C(=O)N[C@@H]3CCCc4ccc(Cl)cc43)c(Cl)cc2Cl)c(=O)n(-c2ccccc2)n1C. The highest BCUT2D eigenvalue weighted by molar-refractivity contribution is 7.92. The van der Waals surface area contributed by atoms with E-state index in [1.807, 2.05) is 24.3 Å². The summed E-state index contributed by atoms with van der Waals surface area (Å²) in [6, 6.07) is 16.4. The fourth-order valence-electron chi connectivity index (χ4n) is 4.94. The van der Waals surface area contributed by atoms with E-state index >= 15 is 0 Å². The van der Waals surface area contributed by atoms with Crippen molar-refractivity contribution in [2.45, 2.75) is 37.1 Å². The van der Waals surface area contributed by atoms with Crippen LogP contribution in [0.1, 0.15) is 46.1 Å². The second kappa shape index (κ2) is 11.0. The van der Waals surface area contributed by atoms with Crippen molar-refractivity contribution in [1.29, 1.82) is 0 Å². The van der Waals surface area contributed by atoms with Crippen molar-refractivity contribution in [3.05, 3.63) is 108 Å². The molecule has 40 heavy (non-hydrogen) atoms. The zero-order chi connectivity index (χ0) is 28.8. The fraction of sp³-hybridized carbons (Fsp3) is 0.214. The number of halogens is 3. The molecule has 12 heteroatoms. The van der Waals surface area contributed by atoms with Crippen LogP contribution in [0.4, 0.5) is 5.69 Å². The van der Waals surface area contributed by atoms with Gasteiger partial charge in [-0.15, -0.1) is 0 Å². The summed E-state index contributed by atoms with van der Waals surface area (Å²) in [6.45, 7) is 1.62. The van der Waals surface area contributed by atoms with Gasteiger partial charge in [-0.2, -0.15) is 0 Å². The fourth-order valence-corrected chi connectivity index (χ4v) is 7.10. The molecular formula is C28H25Cl3N4O4S. The summed E-state index contributed by atoms with van der Waals surface area (Å²) in [5, 5.41) is 3.32. The van der Waals surface area contributed by atoms with Crippen LogP contribution in [0.15, 0.2) is 70.4 Å². The molecule has 0 radical (unpaired) electrons. The van der Waals surface area contributed by atoms with E-state index in [0.29, 0.717) is 22.8 Å². The second-order valence-electron chi connectivity index (χ2n) is 9.57. The van der Waals surface area contributed by atoms with Crippen LogP contribution in [-0.4, -0.2) is 23.7 Å². The lowest BCUT2D eigenvalue weighted by Crippen LogP contribution is -2.31. The average Bonchev–Trinajstić information content (AvgIpc) is 3.11. The van der Waals surface area contributed by atoms with Crippen LogP contribution in [-0.2, 0) is 23.5 Å². The second-order valence-corrected chi connectivity index (χ2v) is 12.5. The lowest BCUT2D eigenvalue weighted by molar-refractivity contribution is 0.0932. The molecule has 0 unspecified atom stereocenters. The van der Waals surface area contributed by atoms with Gasteiger partial charge in [-0.1, -0.05) is 59.1 Å².